The van der Waals surface area contributed by atoms with Gasteiger partial charge in [0.05, 0.1) is 17.4 Å². The number of rotatable bonds is 6. The number of likely N-dealkylation sites (N-methyl/N-ethyl adjacent to an activating group) is 1. The molecular formula is C14H20BrN3S. The largest absolute Gasteiger partial charge is 0.309 e. The molecule has 0 radical (unpaired) electrons. The fourth-order valence-electron chi connectivity index (χ4n) is 2.23. The third-order valence-electron chi connectivity index (χ3n) is 3.22. The maximum absolute atomic E-state index is 4.55. The zero-order valence-corrected chi connectivity index (χ0v) is 14.0. The van der Waals surface area contributed by atoms with Crippen molar-refractivity contribution < 1.29 is 0 Å². The highest BCUT2D eigenvalue weighted by atomic mass is 79.9. The van der Waals surface area contributed by atoms with Crippen LogP contribution in [0.25, 0.3) is 0 Å². The maximum Gasteiger partial charge on any atom is 0.0625 e. The average molecular weight is 342 g/mol. The van der Waals surface area contributed by atoms with Crippen LogP contribution in [0.5, 0.6) is 0 Å². The maximum atomic E-state index is 4.55. The molecule has 0 fully saturated rings. The van der Waals surface area contributed by atoms with E-state index in [1.165, 1.54) is 15.0 Å². The van der Waals surface area contributed by atoms with Gasteiger partial charge < -0.3 is 5.32 Å². The van der Waals surface area contributed by atoms with Gasteiger partial charge in [-0.05, 0) is 46.4 Å². The Morgan fingerprint density at radius 2 is 2.26 bits per heavy atom. The van der Waals surface area contributed by atoms with E-state index in [0.29, 0.717) is 6.04 Å². The van der Waals surface area contributed by atoms with Gasteiger partial charge in [-0.1, -0.05) is 13.8 Å². The van der Waals surface area contributed by atoms with Gasteiger partial charge >= 0.3 is 0 Å². The van der Waals surface area contributed by atoms with E-state index in [-0.39, 0.29) is 0 Å². The molecule has 2 rings (SSSR count). The number of hydrogen-bond donors (Lipinski definition) is 1. The van der Waals surface area contributed by atoms with Gasteiger partial charge in [0.25, 0.3) is 0 Å². The zero-order chi connectivity index (χ0) is 13.8. The van der Waals surface area contributed by atoms with Crippen molar-refractivity contribution in [3.63, 3.8) is 0 Å². The number of hydrogen-bond acceptors (Lipinski definition) is 3. The minimum Gasteiger partial charge on any atom is -0.309 e. The standard InChI is InChI=1S/C14H20BrN3S/c1-4-10-8-13(18(3)17-10)12(16-5-2)9-14-11(15)6-7-19-14/h6-8,12,16H,4-5,9H2,1-3H3. The second-order valence-corrected chi connectivity index (χ2v) is 6.40. The van der Waals surface area contributed by atoms with Crippen LogP contribution < -0.4 is 5.32 Å². The highest BCUT2D eigenvalue weighted by molar-refractivity contribution is 9.10. The number of nitrogens with zero attached hydrogens (tertiary/aromatic N) is 2. The van der Waals surface area contributed by atoms with E-state index < -0.39 is 0 Å². The molecule has 0 aliphatic rings. The van der Waals surface area contributed by atoms with Gasteiger partial charge in [0.2, 0.25) is 0 Å². The second kappa shape index (κ2) is 6.68. The van der Waals surface area contributed by atoms with Crippen LogP contribution in [0.2, 0.25) is 0 Å². The van der Waals surface area contributed by atoms with Crippen LogP contribution in [0.3, 0.4) is 0 Å². The predicted octanol–water partition coefficient (Wildman–Crippen LogP) is 3.70. The molecular weight excluding hydrogens is 322 g/mol. The lowest BCUT2D eigenvalue weighted by atomic mass is 10.1. The van der Waals surface area contributed by atoms with Crippen molar-refractivity contribution in [1.82, 2.24) is 15.1 Å². The Balaban J connectivity index is 2.24. The lowest BCUT2D eigenvalue weighted by Crippen LogP contribution is -2.25. The van der Waals surface area contributed by atoms with Gasteiger partial charge in [-0.2, -0.15) is 5.10 Å². The van der Waals surface area contributed by atoms with Crippen LogP contribution in [0, 0.1) is 0 Å². The third kappa shape index (κ3) is 3.46. The molecule has 0 saturated heterocycles. The third-order valence-corrected chi connectivity index (χ3v) is 5.17. The Hall–Kier alpha value is -0.650. The molecule has 0 saturated carbocycles. The molecule has 5 heteroatoms. The summed E-state index contributed by atoms with van der Waals surface area (Å²) in [5.41, 5.74) is 2.42. The lowest BCUT2D eigenvalue weighted by molar-refractivity contribution is 0.509. The molecule has 3 nitrogen and oxygen atoms in total. The van der Waals surface area contributed by atoms with E-state index in [1.807, 2.05) is 11.7 Å². The fraction of sp³-hybridized carbons (Fsp3) is 0.500. The molecule has 1 N–H and O–H groups in total. The van der Waals surface area contributed by atoms with E-state index in [4.69, 9.17) is 0 Å². The van der Waals surface area contributed by atoms with Gasteiger partial charge in [-0.15, -0.1) is 11.3 Å². The van der Waals surface area contributed by atoms with Crippen LogP contribution in [0.1, 0.15) is 36.2 Å². The average Bonchev–Trinajstić information content (AvgIpc) is 2.95. The highest BCUT2D eigenvalue weighted by Gasteiger charge is 2.18. The van der Waals surface area contributed by atoms with Gasteiger partial charge in [0.15, 0.2) is 0 Å². The molecule has 0 spiro atoms. The van der Waals surface area contributed by atoms with Crippen molar-refractivity contribution in [3.8, 4) is 0 Å². The first-order chi connectivity index (χ1) is 9.15. The molecule has 2 aromatic rings. The van der Waals surface area contributed by atoms with Gasteiger partial charge in [0, 0.05) is 22.8 Å². The van der Waals surface area contributed by atoms with E-state index >= 15 is 0 Å². The molecule has 1 unspecified atom stereocenters. The molecule has 2 aromatic heterocycles. The fourth-order valence-corrected chi connectivity index (χ4v) is 3.79. The molecule has 0 aliphatic carbocycles. The van der Waals surface area contributed by atoms with Crippen molar-refractivity contribution in [1.29, 1.82) is 0 Å². The summed E-state index contributed by atoms with van der Waals surface area (Å²) in [5.74, 6) is 0. The first-order valence-corrected chi connectivity index (χ1v) is 8.31. The minimum atomic E-state index is 0.317. The first-order valence-electron chi connectivity index (χ1n) is 6.63. The van der Waals surface area contributed by atoms with Gasteiger partial charge in [0.1, 0.15) is 0 Å². The molecule has 0 amide bonds. The number of halogens is 1. The molecule has 0 bridgehead atoms. The molecule has 104 valence electrons. The van der Waals surface area contributed by atoms with Crippen molar-refractivity contribution in [3.05, 3.63) is 38.3 Å². The monoisotopic (exact) mass is 341 g/mol. The molecule has 19 heavy (non-hydrogen) atoms. The summed E-state index contributed by atoms with van der Waals surface area (Å²) in [6.07, 6.45) is 1.98. The SMILES string of the molecule is CCNC(Cc1sccc1Br)c1cc(CC)nn1C. The smallest absolute Gasteiger partial charge is 0.0625 e. The second-order valence-electron chi connectivity index (χ2n) is 4.54. The van der Waals surface area contributed by atoms with Crippen molar-refractivity contribution in [2.24, 2.45) is 7.05 Å². The number of nitrogens with one attached hydrogen (secondary N) is 1. The summed E-state index contributed by atoms with van der Waals surface area (Å²) in [6, 6.07) is 4.65. The highest BCUT2D eigenvalue weighted by Crippen LogP contribution is 2.28. The Labute approximate surface area is 127 Å². The van der Waals surface area contributed by atoms with Crippen LogP contribution in [0.4, 0.5) is 0 Å². The summed E-state index contributed by atoms with van der Waals surface area (Å²) < 4.78 is 3.21. The molecule has 0 aromatic carbocycles. The molecule has 0 aliphatic heterocycles. The summed E-state index contributed by atoms with van der Waals surface area (Å²) in [5, 5.41) is 10.2. The molecule has 2 heterocycles. The van der Waals surface area contributed by atoms with Crippen LogP contribution in [0.15, 0.2) is 22.0 Å². The Kier molecular flexibility index (Phi) is 5.19. The quantitative estimate of drug-likeness (QED) is 0.868. The minimum absolute atomic E-state index is 0.317. The summed E-state index contributed by atoms with van der Waals surface area (Å²) in [7, 11) is 2.03. The number of aryl methyl sites for hydroxylation is 2. The normalized spacial score (nSPS) is 12.8. The van der Waals surface area contributed by atoms with E-state index in [9.17, 15) is 0 Å². The predicted molar refractivity (Wildman–Crippen MR) is 84.7 cm³/mol. The van der Waals surface area contributed by atoms with E-state index in [2.05, 4.69) is 57.7 Å². The van der Waals surface area contributed by atoms with Crippen molar-refractivity contribution >= 4 is 27.3 Å². The van der Waals surface area contributed by atoms with Crippen LogP contribution in [-0.2, 0) is 19.9 Å². The summed E-state index contributed by atoms with van der Waals surface area (Å²) in [4.78, 5) is 1.38. The topological polar surface area (TPSA) is 29.9 Å². The van der Waals surface area contributed by atoms with Crippen LogP contribution >= 0.6 is 27.3 Å². The number of thiophene rings is 1. The Morgan fingerprint density at radius 1 is 1.47 bits per heavy atom. The zero-order valence-electron chi connectivity index (χ0n) is 11.6. The van der Waals surface area contributed by atoms with Gasteiger partial charge in [-0.25, -0.2) is 0 Å². The Bertz CT molecular complexity index is 533. The van der Waals surface area contributed by atoms with Crippen LogP contribution in [-0.4, -0.2) is 16.3 Å². The van der Waals surface area contributed by atoms with Crippen molar-refractivity contribution in [2.45, 2.75) is 32.7 Å². The van der Waals surface area contributed by atoms with Crippen molar-refractivity contribution in [2.75, 3.05) is 6.54 Å². The Morgan fingerprint density at radius 3 is 2.79 bits per heavy atom. The first kappa shape index (κ1) is 14.8. The van der Waals surface area contributed by atoms with Gasteiger partial charge in [-0.3, -0.25) is 4.68 Å². The summed E-state index contributed by atoms with van der Waals surface area (Å²) in [6.45, 7) is 5.25. The lowest BCUT2D eigenvalue weighted by Gasteiger charge is -2.17. The van der Waals surface area contributed by atoms with E-state index in [0.717, 1.165) is 25.1 Å². The van der Waals surface area contributed by atoms with E-state index in [1.54, 1.807) is 11.3 Å². The summed E-state index contributed by atoms with van der Waals surface area (Å²) >= 11 is 5.42. The molecule has 1 atom stereocenters. The number of aromatic nitrogens is 2.